The second-order valence-corrected chi connectivity index (χ2v) is 11.5. The number of aliphatic carboxylic acids is 4. The zero-order valence-electron chi connectivity index (χ0n) is 24.2. The summed E-state index contributed by atoms with van der Waals surface area (Å²) in [7, 11) is 0. The topological polar surface area (TPSA) is 212 Å². The summed E-state index contributed by atoms with van der Waals surface area (Å²) in [6.07, 6.45) is 3.03. The van der Waals surface area contributed by atoms with E-state index in [9.17, 15) is 39.6 Å². The third-order valence-corrected chi connectivity index (χ3v) is 8.09. The summed E-state index contributed by atoms with van der Waals surface area (Å²) >= 11 is 0. The molecule has 4 aromatic heterocycles. The minimum absolute atomic E-state index is 0.0186. The average Bonchev–Trinajstić information content (AvgIpc) is 3.70. The maximum absolute atomic E-state index is 11.4. The van der Waals surface area contributed by atoms with Crippen LogP contribution in [0.2, 0.25) is 0 Å². The van der Waals surface area contributed by atoms with Crippen molar-refractivity contribution in [1.82, 2.24) is 19.9 Å². The first-order valence-electron chi connectivity index (χ1n) is 14.7. The molecule has 0 aliphatic carbocycles. The lowest BCUT2D eigenvalue weighted by Gasteiger charge is -2.06. The molecule has 1 aliphatic heterocycles. The molecule has 232 valence electrons. The van der Waals surface area contributed by atoms with Crippen LogP contribution in [0.15, 0.2) is 24.3 Å². The maximum Gasteiger partial charge on any atom is 0.303 e. The highest BCUT2D eigenvalue weighted by atomic mass is 16.4. The Morgan fingerprint density at radius 3 is 0.955 bits per heavy atom. The summed E-state index contributed by atoms with van der Waals surface area (Å²) in [6.45, 7) is 0. The molecule has 1 aliphatic rings. The number of carboxylic acids is 4. The number of hydrogen-bond donors (Lipinski definition) is 8. The van der Waals surface area contributed by atoms with Gasteiger partial charge in [0.05, 0.1) is 0 Å². The summed E-state index contributed by atoms with van der Waals surface area (Å²) in [5.41, 5.74) is 10.4. The standard InChI is InChI=1S/C32H36N4O8/c37-29(38)5-1-17-9-21-13-22-10-19(3-7-31(41)42)27(34-22)16-28-20(4-8-32(43)44)12-24(36-28)15-26-18(2-6-30(39)40)11-23(35-26)14-25(17)33-21/h9-12,33-36H,1-8,13-16H2,(H,37,38)(H,39,40)(H,41,42)(H,43,44). The number of nitrogens with one attached hydrogen (secondary N) is 4. The number of carboxylic acid groups (broad SMARTS) is 4. The van der Waals surface area contributed by atoms with Crippen molar-refractivity contribution in [2.45, 2.75) is 77.0 Å². The van der Waals surface area contributed by atoms with Crippen LogP contribution in [0.4, 0.5) is 0 Å². The number of fused-ring (bicyclic) bond motifs is 8. The summed E-state index contributed by atoms with van der Waals surface area (Å²) in [4.78, 5) is 59.5. The van der Waals surface area contributed by atoms with Crippen molar-refractivity contribution in [3.05, 3.63) is 92.1 Å². The molecule has 0 radical (unpaired) electrons. The fourth-order valence-corrected chi connectivity index (χ4v) is 6.06. The van der Waals surface area contributed by atoms with E-state index in [1.54, 1.807) is 0 Å². The van der Waals surface area contributed by atoms with Gasteiger partial charge >= 0.3 is 23.9 Å². The fraction of sp³-hybridized carbons (Fsp3) is 0.375. The second kappa shape index (κ2) is 13.1. The normalized spacial score (nSPS) is 12.7. The van der Waals surface area contributed by atoms with Crippen LogP contribution in [0.5, 0.6) is 0 Å². The molecule has 0 spiro atoms. The van der Waals surface area contributed by atoms with E-state index in [0.717, 1.165) is 67.8 Å². The molecule has 0 saturated heterocycles. The maximum atomic E-state index is 11.4. The first kappa shape index (κ1) is 30.5. The Labute approximate surface area is 252 Å². The number of carbonyl (C=O) groups is 4. The molecule has 0 aromatic carbocycles. The molecule has 8 bridgehead atoms. The van der Waals surface area contributed by atoms with E-state index in [1.807, 2.05) is 24.3 Å². The molecule has 0 atom stereocenters. The van der Waals surface area contributed by atoms with Crippen molar-refractivity contribution >= 4 is 23.9 Å². The van der Waals surface area contributed by atoms with Crippen molar-refractivity contribution in [3.8, 4) is 0 Å². The Balaban J connectivity index is 1.59. The van der Waals surface area contributed by atoms with Crippen LogP contribution in [0.3, 0.4) is 0 Å². The summed E-state index contributed by atoms with van der Waals surface area (Å²) in [5, 5.41) is 37.4. The van der Waals surface area contributed by atoms with Gasteiger partial charge in [0.15, 0.2) is 0 Å². The predicted octanol–water partition coefficient (Wildman–Crippen LogP) is 3.74. The first-order valence-corrected chi connectivity index (χ1v) is 14.7. The van der Waals surface area contributed by atoms with Crippen molar-refractivity contribution < 1.29 is 39.6 Å². The number of hydrogen-bond acceptors (Lipinski definition) is 4. The van der Waals surface area contributed by atoms with Crippen LogP contribution in [0.1, 0.15) is 93.5 Å². The van der Waals surface area contributed by atoms with E-state index >= 15 is 0 Å². The Kier molecular flexibility index (Phi) is 9.07. The lowest BCUT2D eigenvalue weighted by Crippen LogP contribution is -2.03. The Hall–Kier alpha value is -5.00. The van der Waals surface area contributed by atoms with Gasteiger partial charge in [-0.05, 0) is 72.2 Å². The number of H-pyrrole nitrogens is 4. The van der Waals surface area contributed by atoms with Crippen molar-refractivity contribution in [1.29, 1.82) is 0 Å². The molecule has 0 unspecified atom stereocenters. The first-order chi connectivity index (χ1) is 21.0. The number of aryl methyl sites for hydroxylation is 4. The largest absolute Gasteiger partial charge is 0.481 e. The molecular weight excluding hydrogens is 568 g/mol. The highest BCUT2D eigenvalue weighted by Crippen LogP contribution is 2.27. The van der Waals surface area contributed by atoms with E-state index in [4.69, 9.17) is 0 Å². The van der Waals surface area contributed by atoms with Gasteiger partial charge in [-0.15, -0.1) is 0 Å². The van der Waals surface area contributed by atoms with E-state index in [0.29, 0.717) is 51.4 Å². The Bertz CT molecular complexity index is 1700. The minimum atomic E-state index is -0.903. The Morgan fingerprint density at radius 2 is 0.682 bits per heavy atom. The summed E-state index contributed by atoms with van der Waals surface area (Å²) in [5.74, 6) is -3.59. The van der Waals surface area contributed by atoms with Gasteiger partial charge in [-0.3, -0.25) is 19.2 Å². The van der Waals surface area contributed by atoms with E-state index in [-0.39, 0.29) is 25.7 Å². The quantitative estimate of drug-likeness (QED) is 0.105. The van der Waals surface area contributed by atoms with Crippen molar-refractivity contribution in [2.75, 3.05) is 0 Å². The van der Waals surface area contributed by atoms with Crippen LogP contribution in [-0.2, 0) is 70.5 Å². The van der Waals surface area contributed by atoms with Gasteiger partial charge in [0, 0.05) is 96.9 Å². The molecule has 0 amide bonds. The summed E-state index contributed by atoms with van der Waals surface area (Å²) < 4.78 is 0. The molecule has 5 rings (SSSR count). The second-order valence-electron chi connectivity index (χ2n) is 11.5. The van der Waals surface area contributed by atoms with Crippen LogP contribution in [0, 0.1) is 0 Å². The molecule has 0 fully saturated rings. The molecule has 12 nitrogen and oxygen atoms in total. The van der Waals surface area contributed by atoms with Gasteiger partial charge in [-0.1, -0.05) is 0 Å². The predicted molar refractivity (Wildman–Crippen MR) is 158 cm³/mol. The van der Waals surface area contributed by atoms with Crippen LogP contribution >= 0.6 is 0 Å². The van der Waals surface area contributed by atoms with Gasteiger partial charge in [0.2, 0.25) is 0 Å². The number of aromatic nitrogens is 4. The van der Waals surface area contributed by atoms with Crippen LogP contribution in [-0.4, -0.2) is 64.2 Å². The van der Waals surface area contributed by atoms with Crippen molar-refractivity contribution in [3.63, 3.8) is 0 Å². The molecule has 0 saturated carbocycles. The lowest BCUT2D eigenvalue weighted by atomic mass is 10.0. The zero-order chi connectivity index (χ0) is 31.4. The zero-order valence-corrected chi connectivity index (χ0v) is 24.2. The molecule has 8 N–H and O–H groups in total. The number of aromatic amines is 4. The van der Waals surface area contributed by atoms with E-state index in [2.05, 4.69) is 19.9 Å². The molecule has 4 aromatic rings. The fourth-order valence-electron chi connectivity index (χ4n) is 6.06. The highest BCUT2D eigenvalue weighted by molar-refractivity contribution is 5.68. The van der Waals surface area contributed by atoms with Gasteiger partial charge in [0.1, 0.15) is 0 Å². The number of rotatable bonds is 12. The average molecular weight is 605 g/mol. The smallest absolute Gasteiger partial charge is 0.303 e. The molecule has 44 heavy (non-hydrogen) atoms. The van der Waals surface area contributed by atoms with E-state index < -0.39 is 23.9 Å². The highest BCUT2D eigenvalue weighted by Gasteiger charge is 2.20. The molecular formula is C32H36N4O8. The van der Waals surface area contributed by atoms with Crippen LogP contribution in [0.25, 0.3) is 0 Å². The lowest BCUT2D eigenvalue weighted by molar-refractivity contribution is -0.138. The summed E-state index contributed by atoms with van der Waals surface area (Å²) in [6, 6.07) is 7.88. The monoisotopic (exact) mass is 604 g/mol. The van der Waals surface area contributed by atoms with Gasteiger partial charge in [-0.2, -0.15) is 0 Å². The van der Waals surface area contributed by atoms with Gasteiger partial charge < -0.3 is 40.4 Å². The van der Waals surface area contributed by atoms with Gasteiger partial charge in [-0.25, -0.2) is 0 Å². The van der Waals surface area contributed by atoms with Crippen LogP contribution < -0.4 is 0 Å². The SMILES string of the molecule is O=C(O)CCc1cc2[nH]c1Cc1cc(CCC(=O)O)c([nH]1)Cc1cc(CCC(=O)O)c([nH]1)Cc1[nH]c(cc1CCC(=O)O)C2. The third kappa shape index (κ3) is 7.68. The molecule has 5 heterocycles. The van der Waals surface area contributed by atoms with E-state index in [1.165, 1.54) is 0 Å². The minimum Gasteiger partial charge on any atom is -0.481 e. The van der Waals surface area contributed by atoms with Gasteiger partial charge in [0.25, 0.3) is 0 Å². The van der Waals surface area contributed by atoms with Crippen molar-refractivity contribution in [2.24, 2.45) is 0 Å². The molecule has 12 heteroatoms. The Morgan fingerprint density at radius 1 is 0.432 bits per heavy atom. The third-order valence-electron chi connectivity index (χ3n) is 8.09.